The zero-order valence-corrected chi connectivity index (χ0v) is 18.2. The van der Waals surface area contributed by atoms with Crippen LogP contribution >= 0.6 is 7.49 Å². The molecule has 0 unspecified atom stereocenters. The van der Waals surface area contributed by atoms with Gasteiger partial charge in [0.05, 0.1) is 0 Å². The van der Waals surface area contributed by atoms with Gasteiger partial charge in [0.1, 0.15) is 0 Å². The van der Waals surface area contributed by atoms with Gasteiger partial charge in [0.15, 0.2) is 0 Å². The number of aryl methyl sites for hydroxylation is 1. The predicted octanol–water partition coefficient (Wildman–Crippen LogP) is 3.73. The molecule has 4 nitrogen and oxygen atoms in total. The topological polar surface area (TPSA) is 44.8 Å². The van der Waals surface area contributed by atoms with Crippen LogP contribution < -0.4 is 4.74 Å². The van der Waals surface area contributed by atoms with E-state index in [2.05, 4.69) is 27.1 Å². The fraction of sp³-hybridized carbons (Fsp3) is 0.562. The molecule has 23 heavy (non-hydrogen) atoms. The van der Waals surface area contributed by atoms with E-state index >= 15 is 0 Å². The zero-order chi connectivity index (χ0) is 17.5. The van der Waals surface area contributed by atoms with Crippen molar-refractivity contribution in [2.75, 3.05) is 20.5 Å². The van der Waals surface area contributed by atoms with Crippen molar-refractivity contribution in [2.24, 2.45) is 0 Å². The van der Waals surface area contributed by atoms with E-state index < -0.39 is 8.07 Å². The Bertz CT molecular complexity index is 558. The molecule has 0 aliphatic heterocycles. The minimum atomic E-state index is -1.23. The van der Waals surface area contributed by atoms with Gasteiger partial charge in [-0.25, -0.2) is 0 Å². The summed E-state index contributed by atoms with van der Waals surface area (Å²) in [6.07, 6.45) is 0. The first-order valence-corrected chi connectivity index (χ1v) is 15.4. The van der Waals surface area contributed by atoms with Crippen molar-refractivity contribution in [1.29, 1.82) is 0 Å². The van der Waals surface area contributed by atoms with Crippen LogP contribution in [-0.4, -0.2) is 48.6 Å². The van der Waals surface area contributed by atoms with E-state index in [1.165, 1.54) is 0 Å². The average molecular weight is 420 g/mol. The van der Waals surface area contributed by atoms with Crippen molar-refractivity contribution in [3.8, 4) is 5.75 Å². The van der Waals surface area contributed by atoms with Crippen LogP contribution in [0.3, 0.4) is 0 Å². The molecule has 0 saturated carbocycles. The van der Waals surface area contributed by atoms with Gasteiger partial charge in [-0.2, -0.15) is 0 Å². The monoisotopic (exact) mass is 421 g/mol. The molecule has 0 bridgehead atoms. The van der Waals surface area contributed by atoms with Gasteiger partial charge in [0, 0.05) is 0 Å². The molecular weight excluding hydrogens is 394 g/mol. The standard InChI is InChI=1S/C16H26O4PSeSi/c1-12-8-13(10-22-21)15(14(9-12)20-11-18-2)16(17)19-6-7-23(3,4)5/h8-9,21H,6-7,10-11H2,1-5H3. The molecule has 0 aliphatic rings. The normalized spacial score (nSPS) is 11.2. The van der Waals surface area contributed by atoms with Crippen molar-refractivity contribution in [2.45, 2.75) is 37.9 Å². The number of esters is 1. The first kappa shape index (κ1) is 20.5. The summed E-state index contributed by atoms with van der Waals surface area (Å²) < 4.78 is 16.1. The Balaban J connectivity index is 3.03. The van der Waals surface area contributed by atoms with Crippen molar-refractivity contribution >= 4 is 35.6 Å². The SMILES string of the molecule is COCOc1cc(C)cc(C[Se]=P)c1C(=O)OCC[Si](C)(C)C. The van der Waals surface area contributed by atoms with Crippen LogP contribution in [0, 0.1) is 6.92 Å². The molecule has 0 spiro atoms. The summed E-state index contributed by atoms with van der Waals surface area (Å²) in [4.78, 5) is 12.6. The summed E-state index contributed by atoms with van der Waals surface area (Å²) >= 11 is 0.236. The molecule has 0 saturated heterocycles. The van der Waals surface area contributed by atoms with E-state index in [9.17, 15) is 4.79 Å². The molecule has 0 aromatic heterocycles. The fourth-order valence-electron chi connectivity index (χ4n) is 2.01. The van der Waals surface area contributed by atoms with Crippen LogP contribution in [0.5, 0.6) is 5.75 Å². The number of hydrogen-bond donors (Lipinski definition) is 0. The minimum absolute atomic E-state index is 0.108. The zero-order valence-electron chi connectivity index (χ0n) is 14.5. The van der Waals surface area contributed by atoms with Gasteiger partial charge < -0.3 is 0 Å². The van der Waals surface area contributed by atoms with Gasteiger partial charge in [-0.15, -0.1) is 0 Å². The molecule has 1 aromatic carbocycles. The van der Waals surface area contributed by atoms with Gasteiger partial charge in [-0.05, 0) is 0 Å². The van der Waals surface area contributed by atoms with Crippen molar-refractivity contribution in [3.05, 3.63) is 28.8 Å². The van der Waals surface area contributed by atoms with E-state index in [4.69, 9.17) is 14.2 Å². The number of hydrogen-bond acceptors (Lipinski definition) is 4. The Kier molecular flexibility index (Phi) is 8.66. The van der Waals surface area contributed by atoms with E-state index in [-0.39, 0.29) is 26.8 Å². The third kappa shape index (κ3) is 7.28. The molecule has 0 aliphatic carbocycles. The molecule has 1 rings (SSSR count). The molecule has 129 valence electrons. The van der Waals surface area contributed by atoms with E-state index in [0.29, 0.717) is 17.9 Å². The summed E-state index contributed by atoms with van der Waals surface area (Å²) in [5.74, 6) is 0.232. The molecule has 0 fully saturated rings. The maximum atomic E-state index is 12.6. The van der Waals surface area contributed by atoms with Crippen molar-refractivity contribution in [1.82, 2.24) is 0 Å². The molecular formula is C16H26O4PSeSi. The number of carbonyl (C=O) groups is 1. The number of methoxy groups -OCH3 is 1. The van der Waals surface area contributed by atoms with Crippen LogP contribution in [0.2, 0.25) is 25.7 Å². The van der Waals surface area contributed by atoms with Gasteiger partial charge in [-0.1, -0.05) is 0 Å². The Hall–Kier alpha value is -0.514. The first-order valence-electron chi connectivity index (χ1n) is 7.49. The predicted molar refractivity (Wildman–Crippen MR) is 99.9 cm³/mol. The van der Waals surface area contributed by atoms with E-state index in [0.717, 1.165) is 22.5 Å². The molecule has 0 atom stereocenters. The second-order valence-electron chi connectivity index (χ2n) is 6.58. The fourth-order valence-corrected chi connectivity index (χ4v) is 4.33. The van der Waals surface area contributed by atoms with E-state index in [1.54, 1.807) is 7.11 Å². The molecule has 1 aromatic rings. The van der Waals surface area contributed by atoms with Crippen LogP contribution in [-0.2, 0) is 14.8 Å². The van der Waals surface area contributed by atoms with Gasteiger partial charge in [-0.3, -0.25) is 0 Å². The third-order valence-corrected chi connectivity index (χ3v) is 6.59. The summed E-state index contributed by atoms with van der Waals surface area (Å²) in [6, 6.07) is 4.84. The quantitative estimate of drug-likeness (QED) is 0.264. The average Bonchev–Trinajstić information content (AvgIpc) is 2.43. The second-order valence-corrected chi connectivity index (χ2v) is 14.9. The summed E-state index contributed by atoms with van der Waals surface area (Å²) in [7, 11) is 3.88. The first-order chi connectivity index (χ1) is 10.8. The summed E-state index contributed by atoms with van der Waals surface area (Å²) in [6.45, 7) is 9.35. The van der Waals surface area contributed by atoms with E-state index in [1.807, 2.05) is 19.1 Å². The summed E-state index contributed by atoms with van der Waals surface area (Å²) in [5.41, 5.74) is 2.55. The van der Waals surface area contributed by atoms with Crippen LogP contribution in [0.25, 0.3) is 0 Å². The maximum absolute atomic E-state index is 12.6. The molecule has 0 N–H and O–H groups in total. The van der Waals surface area contributed by atoms with Crippen molar-refractivity contribution < 1.29 is 19.0 Å². The Morgan fingerprint density at radius 1 is 1.30 bits per heavy atom. The Labute approximate surface area is 147 Å². The van der Waals surface area contributed by atoms with Crippen molar-refractivity contribution in [3.63, 3.8) is 0 Å². The van der Waals surface area contributed by atoms with Gasteiger partial charge in [0.2, 0.25) is 0 Å². The molecule has 1 radical (unpaired) electrons. The number of benzene rings is 1. The summed E-state index contributed by atoms with van der Waals surface area (Å²) in [5, 5.41) is 0.799. The molecule has 7 heteroatoms. The van der Waals surface area contributed by atoms with Crippen LogP contribution in [0.4, 0.5) is 0 Å². The second kappa shape index (κ2) is 9.70. The number of ether oxygens (including phenoxy) is 3. The van der Waals surface area contributed by atoms with Gasteiger partial charge in [0.25, 0.3) is 0 Å². The van der Waals surface area contributed by atoms with Crippen LogP contribution in [0.1, 0.15) is 21.5 Å². The molecule has 0 amide bonds. The number of carbonyl (C=O) groups excluding carboxylic acids is 1. The number of rotatable bonds is 9. The third-order valence-electron chi connectivity index (χ3n) is 3.18. The van der Waals surface area contributed by atoms with Gasteiger partial charge >= 0.3 is 148 Å². The van der Waals surface area contributed by atoms with Crippen LogP contribution in [0.15, 0.2) is 12.1 Å². The Morgan fingerprint density at radius 3 is 2.57 bits per heavy atom. The molecule has 0 heterocycles. The Morgan fingerprint density at radius 2 is 2.00 bits per heavy atom.